The number of morpholine rings is 1. The standard InChI is InChI=1S/C25H31N3O5/c1-18(2)24(27-22(29)16-19-6-4-3-5-7-19)25(31)33-17-23(30)26-20-8-10-21(11-9-20)28-12-14-32-15-13-28/h3-11,18,24H,12-17H2,1-2H3,(H,26,30)(H,27,29). The Labute approximate surface area is 194 Å². The lowest BCUT2D eigenvalue weighted by molar-refractivity contribution is -0.151. The van der Waals surface area contributed by atoms with Crippen LogP contribution in [-0.4, -0.2) is 56.7 Å². The van der Waals surface area contributed by atoms with Gasteiger partial charge in [0.05, 0.1) is 19.6 Å². The summed E-state index contributed by atoms with van der Waals surface area (Å²) in [6.45, 7) is 6.26. The highest BCUT2D eigenvalue weighted by Crippen LogP contribution is 2.19. The van der Waals surface area contributed by atoms with Crippen LogP contribution in [0.5, 0.6) is 0 Å². The number of benzene rings is 2. The molecule has 0 aromatic heterocycles. The summed E-state index contributed by atoms with van der Waals surface area (Å²) < 4.78 is 10.5. The number of ether oxygens (including phenoxy) is 2. The largest absolute Gasteiger partial charge is 0.454 e. The molecule has 0 saturated carbocycles. The van der Waals surface area contributed by atoms with Crippen LogP contribution >= 0.6 is 0 Å². The number of hydrogen-bond acceptors (Lipinski definition) is 6. The van der Waals surface area contributed by atoms with Crippen molar-refractivity contribution >= 4 is 29.2 Å². The summed E-state index contributed by atoms with van der Waals surface area (Å²) in [6, 6.07) is 15.9. The molecule has 1 aliphatic heterocycles. The minimum atomic E-state index is -0.832. The van der Waals surface area contributed by atoms with Crippen molar-refractivity contribution in [2.24, 2.45) is 5.92 Å². The van der Waals surface area contributed by atoms with Crippen molar-refractivity contribution in [1.29, 1.82) is 0 Å². The van der Waals surface area contributed by atoms with Crippen LogP contribution in [0.15, 0.2) is 54.6 Å². The average Bonchev–Trinajstić information content (AvgIpc) is 2.82. The van der Waals surface area contributed by atoms with Crippen molar-refractivity contribution < 1.29 is 23.9 Å². The number of esters is 1. The van der Waals surface area contributed by atoms with Gasteiger partial charge < -0.3 is 25.0 Å². The SMILES string of the molecule is CC(C)C(NC(=O)Cc1ccccc1)C(=O)OCC(=O)Nc1ccc(N2CCOCC2)cc1. The number of anilines is 2. The van der Waals surface area contributed by atoms with E-state index >= 15 is 0 Å². The summed E-state index contributed by atoms with van der Waals surface area (Å²) in [5, 5.41) is 5.44. The predicted octanol–water partition coefficient (Wildman–Crippen LogP) is 2.39. The molecular weight excluding hydrogens is 422 g/mol. The van der Waals surface area contributed by atoms with Crippen molar-refractivity contribution in [2.75, 3.05) is 43.1 Å². The van der Waals surface area contributed by atoms with Gasteiger partial charge in [-0.05, 0) is 35.7 Å². The highest BCUT2D eigenvalue weighted by Gasteiger charge is 2.26. The Kier molecular flexibility index (Phi) is 8.83. The van der Waals surface area contributed by atoms with Gasteiger partial charge in [-0.25, -0.2) is 4.79 Å². The Morgan fingerprint density at radius 3 is 2.27 bits per heavy atom. The van der Waals surface area contributed by atoms with E-state index in [1.807, 2.05) is 68.4 Å². The first-order valence-corrected chi connectivity index (χ1v) is 11.1. The Morgan fingerprint density at radius 2 is 1.64 bits per heavy atom. The number of amides is 2. The minimum Gasteiger partial charge on any atom is -0.454 e. The third kappa shape index (κ3) is 7.61. The van der Waals surface area contributed by atoms with E-state index in [2.05, 4.69) is 15.5 Å². The molecule has 1 saturated heterocycles. The minimum absolute atomic E-state index is 0.165. The summed E-state index contributed by atoms with van der Waals surface area (Å²) in [4.78, 5) is 39.3. The molecule has 2 aromatic rings. The van der Waals surface area contributed by atoms with Gasteiger partial charge in [0.25, 0.3) is 5.91 Å². The van der Waals surface area contributed by atoms with Gasteiger partial charge in [0.15, 0.2) is 6.61 Å². The Balaban J connectivity index is 1.46. The van der Waals surface area contributed by atoms with Crippen LogP contribution in [0.3, 0.4) is 0 Å². The van der Waals surface area contributed by atoms with E-state index < -0.39 is 24.5 Å². The molecule has 2 amide bonds. The maximum absolute atomic E-state index is 12.5. The zero-order valence-corrected chi connectivity index (χ0v) is 19.1. The van der Waals surface area contributed by atoms with E-state index in [0.717, 1.165) is 24.3 Å². The fourth-order valence-corrected chi connectivity index (χ4v) is 3.50. The van der Waals surface area contributed by atoms with Crippen LogP contribution in [0.4, 0.5) is 11.4 Å². The summed E-state index contributed by atoms with van der Waals surface area (Å²) in [5.41, 5.74) is 2.53. The van der Waals surface area contributed by atoms with E-state index in [1.54, 1.807) is 0 Å². The maximum atomic E-state index is 12.5. The van der Waals surface area contributed by atoms with Crippen LogP contribution in [-0.2, 0) is 30.3 Å². The first-order valence-electron chi connectivity index (χ1n) is 11.1. The number of nitrogens with zero attached hydrogens (tertiary/aromatic N) is 1. The molecule has 33 heavy (non-hydrogen) atoms. The number of carbonyl (C=O) groups is 3. The molecule has 8 nitrogen and oxygen atoms in total. The van der Waals surface area contributed by atoms with Crippen LogP contribution in [0.1, 0.15) is 19.4 Å². The Bertz CT molecular complexity index is 925. The van der Waals surface area contributed by atoms with Gasteiger partial charge in [0.1, 0.15) is 6.04 Å². The molecule has 1 unspecified atom stereocenters. The van der Waals surface area contributed by atoms with E-state index in [-0.39, 0.29) is 18.2 Å². The van der Waals surface area contributed by atoms with E-state index in [0.29, 0.717) is 18.9 Å². The molecule has 1 heterocycles. The number of nitrogens with one attached hydrogen (secondary N) is 2. The van der Waals surface area contributed by atoms with Gasteiger partial charge in [-0.2, -0.15) is 0 Å². The average molecular weight is 454 g/mol. The maximum Gasteiger partial charge on any atom is 0.329 e. The number of hydrogen-bond donors (Lipinski definition) is 2. The van der Waals surface area contributed by atoms with Gasteiger partial charge in [0, 0.05) is 24.5 Å². The molecular formula is C25H31N3O5. The van der Waals surface area contributed by atoms with Crippen LogP contribution in [0, 0.1) is 5.92 Å². The Hall–Kier alpha value is -3.39. The molecule has 0 spiro atoms. The zero-order chi connectivity index (χ0) is 23.6. The topological polar surface area (TPSA) is 97.0 Å². The fourth-order valence-electron chi connectivity index (χ4n) is 3.50. The van der Waals surface area contributed by atoms with Gasteiger partial charge in [-0.3, -0.25) is 9.59 Å². The quantitative estimate of drug-likeness (QED) is 0.566. The molecule has 3 rings (SSSR count). The molecule has 2 N–H and O–H groups in total. The highest BCUT2D eigenvalue weighted by atomic mass is 16.5. The van der Waals surface area contributed by atoms with Crippen molar-refractivity contribution in [2.45, 2.75) is 26.3 Å². The lowest BCUT2D eigenvalue weighted by Gasteiger charge is -2.28. The van der Waals surface area contributed by atoms with E-state index in [1.165, 1.54) is 0 Å². The monoisotopic (exact) mass is 453 g/mol. The summed E-state index contributed by atoms with van der Waals surface area (Å²) in [7, 11) is 0. The second-order valence-corrected chi connectivity index (χ2v) is 8.25. The Morgan fingerprint density at radius 1 is 0.970 bits per heavy atom. The second kappa shape index (κ2) is 12.0. The normalized spacial score (nSPS) is 14.5. The van der Waals surface area contributed by atoms with E-state index in [9.17, 15) is 14.4 Å². The lowest BCUT2D eigenvalue weighted by Crippen LogP contribution is -2.46. The fraction of sp³-hybridized carbons (Fsp3) is 0.400. The molecule has 2 aromatic carbocycles. The first-order chi connectivity index (χ1) is 15.9. The molecule has 1 atom stereocenters. The highest BCUT2D eigenvalue weighted by molar-refractivity contribution is 5.93. The molecule has 176 valence electrons. The third-order valence-corrected chi connectivity index (χ3v) is 5.32. The van der Waals surface area contributed by atoms with Crippen LogP contribution in [0.2, 0.25) is 0 Å². The second-order valence-electron chi connectivity index (χ2n) is 8.25. The number of carbonyl (C=O) groups excluding carboxylic acids is 3. The summed E-state index contributed by atoms with van der Waals surface area (Å²) in [5.74, 6) is -1.54. The first kappa shape index (κ1) is 24.3. The summed E-state index contributed by atoms with van der Waals surface area (Å²) >= 11 is 0. The van der Waals surface area contributed by atoms with Gasteiger partial charge in [-0.1, -0.05) is 44.2 Å². The number of rotatable bonds is 9. The molecule has 1 aliphatic rings. The molecule has 8 heteroatoms. The lowest BCUT2D eigenvalue weighted by atomic mass is 10.0. The van der Waals surface area contributed by atoms with Crippen LogP contribution < -0.4 is 15.5 Å². The van der Waals surface area contributed by atoms with Gasteiger partial charge in [0.2, 0.25) is 5.91 Å². The van der Waals surface area contributed by atoms with Gasteiger partial charge in [-0.15, -0.1) is 0 Å². The zero-order valence-electron chi connectivity index (χ0n) is 19.1. The van der Waals surface area contributed by atoms with Crippen molar-refractivity contribution in [1.82, 2.24) is 5.32 Å². The van der Waals surface area contributed by atoms with Crippen LogP contribution in [0.25, 0.3) is 0 Å². The summed E-state index contributed by atoms with van der Waals surface area (Å²) in [6.07, 6.45) is 0.165. The van der Waals surface area contributed by atoms with Gasteiger partial charge >= 0.3 is 5.97 Å². The predicted molar refractivity (Wildman–Crippen MR) is 126 cm³/mol. The third-order valence-electron chi connectivity index (χ3n) is 5.32. The molecule has 0 bridgehead atoms. The van der Waals surface area contributed by atoms with Crippen molar-refractivity contribution in [3.8, 4) is 0 Å². The van der Waals surface area contributed by atoms with Crippen molar-refractivity contribution in [3.05, 3.63) is 60.2 Å². The molecule has 1 fully saturated rings. The van der Waals surface area contributed by atoms with Crippen molar-refractivity contribution in [3.63, 3.8) is 0 Å². The molecule has 0 radical (unpaired) electrons. The van der Waals surface area contributed by atoms with E-state index in [4.69, 9.17) is 9.47 Å². The smallest absolute Gasteiger partial charge is 0.329 e. The molecule has 0 aliphatic carbocycles.